The van der Waals surface area contributed by atoms with E-state index < -0.39 is 0 Å². The Kier molecular flexibility index (Phi) is 9.11. The van der Waals surface area contributed by atoms with Gasteiger partial charge in [0.2, 0.25) is 0 Å². The molecular weight excluding hydrogens is 262 g/mol. The maximum absolute atomic E-state index is 5.91. The number of rotatable bonds is 11. The van der Waals surface area contributed by atoms with Crippen LogP contribution in [0.4, 0.5) is 0 Å². The van der Waals surface area contributed by atoms with E-state index in [0.29, 0.717) is 25.2 Å². The first kappa shape index (κ1) is 18.0. The Hall–Kier alpha value is -1.06. The van der Waals surface area contributed by atoms with Crippen molar-refractivity contribution in [1.82, 2.24) is 5.32 Å². The zero-order valence-corrected chi connectivity index (χ0v) is 14.0. The van der Waals surface area contributed by atoms with Crippen molar-refractivity contribution in [3.63, 3.8) is 0 Å². The van der Waals surface area contributed by atoms with Crippen molar-refractivity contribution >= 4 is 0 Å². The summed E-state index contributed by atoms with van der Waals surface area (Å²) in [6, 6.07) is 8.75. The molecule has 0 amide bonds. The van der Waals surface area contributed by atoms with Gasteiger partial charge >= 0.3 is 0 Å². The SMILES string of the molecule is CCCNC(c1ccccc1OCCOC)C(CC)CC. The number of ether oxygens (including phenoxy) is 2. The topological polar surface area (TPSA) is 30.5 Å². The van der Waals surface area contributed by atoms with E-state index in [4.69, 9.17) is 9.47 Å². The van der Waals surface area contributed by atoms with E-state index in [-0.39, 0.29) is 0 Å². The molecule has 1 aromatic carbocycles. The predicted molar refractivity (Wildman–Crippen MR) is 88.9 cm³/mol. The van der Waals surface area contributed by atoms with Crippen molar-refractivity contribution in [3.8, 4) is 5.75 Å². The monoisotopic (exact) mass is 293 g/mol. The fourth-order valence-corrected chi connectivity index (χ4v) is 2.69. The number of benzene rings is 1. The van der Waals surface area contributed by atoms with Crippen molar-refractivity contribution in [3.05, 3.63) is 29.8 Å². The van der Waals surface area contributed by atoms with E-state index >= 15 is 0 Å². The molecule has 0 aromatic heterocycles. The van der Waals surface area contributed by atoms with E-state index in [2.05, 4.69) is 44.3 Å². The van der Waals surface area contributed by atoms with E-state index in [9.17, 15) is 0 Å². The second kappa shape index (κ2) is 10.6. The van der Waals surface area contributed by atoms with Gasteiger partial charge in [-0.2, -0.15) is 0 Å². The lowest BCUT2D eigenvalue weighted by molar-refractivity contribution is 0.145. The van der Waals surface area contributed by atoms with Crippen LogP contribution < -0.4 is 10.1 Å². The zero-order valence-electron chi connectivity index (χ0n) is 14.0. The molecule has 0 saturated heterocycles. The van der Waals surface area contributed by atoms with Gasteiger partial charge in [-0.25, -0.2) is 0 Å². The van der Waals surface area contributed by atoms with Crippen LogP contribution >= 0.6 is 0 Å². The van der Waals surface area contributed by atoms with E-state index in [1.165, 1.54) is 18.4 Å². The molecule has 3 nitrogen and oxygen atoms in total. The first-order valence-corrected chi connectivity index (χ1v) is 8.22. The number of hydrogen-bond donors (Lipinski definition) is 1. The molecule has 0 aliphatic carbocycles. The Morgan fingerprint density at radius 2 is 1.76 bits per heavy atom. The van der Waals surface area contributed by atoms with E-state index in [1.54, 1.807) is 7.11 Å². The largest absolute Gasteiger partial charge is 0.491 e. The summed E-state index contributed by atoms with van der Waals surface area (Å²) in [5, 5.41) is 3.71. The molecule has 1 aromatic rings. The summed E-state index contributed by atoms with van der Waals surface area (Å²) in [5.41, 5.74) is 1.27. The van der Waals surface area contributed by atoms with Crippen LogP contribution in [-0.4, -0.2) is 26.9 Å². The highest BCUT2D eigenvalue weighted by atomic mass is 16.5. The average molecular weight is 293 g/mol. The highest BCUT2D eigenvalue weighted by Gasteiger charge is 2.22. The first-order valence-electron chi connectivity index (χ1n) is 8.22. The molecule has 21 heavy (non-hydrogen) atoms. The minimum absolute atomic E-state index is 0.360. The van der Waals surface area contributed by atoms with Crippen molar-refractivity contribution in [2.45, 2.75) is 46.1 Å². The van der Waals surface area contributed by atoms with Crippen molar-refractivity contribution in [2.24, 2.45) is 5.92 Å². The molecule has 0 aliphatic heterocycles. The summed E-state index contributed by atoms with van der Waals surface area (Å²) in [4.78, 5) is 0. The van der Waals surface area contributed by atoms with Crippen LogP contribution in [0.5, 0.6) is 5.75 Å². The van der Waals surface area contributed by atoms with Crippen LogP contribution in [0.2, 0.25) is 0 Å². The second-order valence-electron chi connectivity index (χ2n) is 5.39. The summed E-state index contributed by atoms with van der Waals surface area (Å²) >= 11 is 0. The van der Waals surface area contributed by atoms with Crippen LogP contribution in [-0.2, 0) is 4.74 Å². The average Bonchev–Trinajstić information content (AvgIpc) is 2.52. The molecule has 120 valence electrons. The van der Waals surface area contributed by atoms with Crippen LogP contribution in [0.1, 0.15) is 51.6 Å². The minimum atomic E-state index is 0.360. The van der Waals surface area contributed by atoms with E-state index in [0.717, 1.165) is 18.7 Å². The van der Waals surface area contributed by atoms with Gasteiger partial charge in [0.1, 0.15) is 12.4 Å². The number of hydrogen-bond acceptors (Lipinski definition) is 3. The molecule has 1 unspecified atom stereocenters. The lowest BCUT2D eigenvalue weighted by Crippen LogP contribution is -2.29. The molecular formula is C18H31NO2. The van der Waals surface area contributed by atoms with Gasteiger partial charge in [-0.15, -0.1) is 0 Å². The maximum atomic E-state index is 5.91. The van der Waals surface area contributed by atoms with Gasteiger partial charge in [0.15, 0.2) is 0 Å². The molecule has 0 saturated carbocycles. The van der Waals surface area contributed by atoms with Gasteiger partial charge in [-0.3, -0.25) is 0 Å². The molecule has 0 bridgehead atoms. The minimum Gasteiger partial charge on any atom is -0.491 e. The molecule has 1 rings (SSSR count). The van der Waals surface area contributed by atoms with Crippen LogP contribution in [0.3, 0.4) is 0 Å². The third-order valence-electron chi connectivity index (χ3n) is 3.93. The number of nitrogens with one attached hydrogen (secondary N) is 1. The zero-order chi connectivity index (χ0) is 15.5. The van der Waals surface area contributed by atoms with Gasteiger partial charge in [-0.05, 0) is 24.9 Å². The molecule has 0 radical (unpaired) electrons. The van der Waals surface area contributed by atoms with Crippen molar-refractivity contribution < 1.29 is 9.47 Å². The second-order valence-corrected chi connectivity index (χ2v) is 5.39. The molecule has 0 aliphatic rings. The number of para-hydroxylation sites is 1. The van der Waals surface area contributed by atoms with Crippen LogP contribution in [0.25, 0.3) is 0 Å². The Bertz CT molecular complexity index is 377. The highest BCUT2D eigenvalue weighted by molar-refractivity contribution is 5.36. The van der Waals surface area contributed by atoms with Crippen LogP contribution in [0.15, 0.2) is 24.3 Å². The van der Waals surface area contributed by atoms with Gasteiger partial charge < -0.3 is 14.8 Å². The summed E-state index contributed by atoms with van der Waals surface area (Å²) in [5.74, 6) is 1.61. The lowest BCUT2D eigenvalue weighted by atomic mass is 9.88. The molecule has 3 heteroatoms. The molecule has 0 heterocycles. The quantitative estimate of drug-likeness (QED) is 0.621. The Balaban J connectivity index is 2.93. The van der Waals surface area contributed by atoms with E-state index in [1.807, 2.05) is 6.07 Å². The smallest absolute Gasteiger partial charge is 0.124 e. The fraction of sp³-hybridized carbons (Fsp3) is 0.667. The first-order chi connectivity index (χ1) is 10.3. The molecule has 1 atom stereocenters. The lowest BCUT2D eigenvalue weighted by Gasteiger charge is -2.28. The summed E-state index contributed by atoms with van der Waals surface area (Å²) in [7, 11) is 1.70. The highest BCUT2D eigenvalue weighted by Crippen LogP contribution is 2.33. The van der Waals surface area contributed by atoms with Crippen molar-refractivity contribution in [2.75, 3.05) is 26.9 Å². The van der Waals surface area contributed by atoms with Crippen LogP contribution in [0, 0.1) is 5.92 Å². The number of methoxy groups -OCH3 is 1. The van der Waals surface area contributed by atoms with Gasteiger partial charge in [0, 0.05) is 18.7 Å². The Morgan fingerprint density at radius 3 is 2.38 bits per heavy atom. The Morgan fingerprint density at radius 1 is 1.05 bits per heavy atom. The fourth-order valence-electron chi connectivity index (χ4n) is 2.69. The van der Waals surface area contributed by atoms with Gasteiger partial charge in [0.05, 0.1) is 6.61 Å². The van der Waals surface area contributed by atoms with Crippen molar-refractivity contribution in [1.29, 1.82) is 0 Å². The van der Waals surface area contributed by atoms with Gasteiger partial charge in [0.25, 0.3) is 0 Å². The third kappa shape index (κ3) is 5.68. The standard InChI is InChI=1S/C18H31NO2/c1-5-12-19-18(15(6-2)7-3)16-10-8-9-11-17(16)21-14-13-20-4/h8-11,15,18-19H,5-7,12-14H2,1-4H3. The normalized spacial score (nSPS) is 12.6. The summed E-state index contributed by atoms with van der Waals surface area (Å²) in [6.45, 7) is 8.99. The molecule has 0 spiro atoms. The Labute approximate surface area is 130 Å². The third-order valence-corrected chi connectivity index (χ3v) is 3.93. The van der Waals surface area contributed by atoms with Gasteiger partial charge in [-0.1, -0.05) is 51.8 Å². The molecule has 1 N–H and O–H groups in total. The summed E-state index contributed by atoms with van der Waals surface area (Å²) in [6.07, 6.45) is 3.48. The summed E-state index contributed by atoms with van der Waals surface area (Å²) < 4.78 is 11.0. The maximum Gasteiger partial charge on any atom is 0.124 e. The predicted octanol–water partition coefficient (Wildman–Crippen LogP) is 4.19. The molecule has 0 fully saturated rings.